The molecule has 1 N–H and O–H groups in total. The van der Waals surface area contributed by atoms with E-state index in [0.29, 0.717) is 0 Å². The van der Waals surface area contributed by atoms with E-state index in [0.717, 1.165) is 11.4 Å². The van der Waals surface area contributed by atoms with Crippen LogP contribution in [0.25, 0.3) is 5.57 Å². The van der Waals surface area contributed by atoms with Gasteiger partial charge >= 0.3 is 0 Å². The summed E-state index contributed by atoms with van der Waals surface area (Å²) in [6, 6.07) is 0. The molecule has 0 bridgehead atoms. The minimum Gasteiger partial charge on any atom is -0.259 e. The van der Waals surface area contributed by atoms with Crippen LogP contribution in [0, 0.1) is 0 Å². The van der Waals surface area contributed by atoms with Gasteiger partial charge in [0.1, 0.15) is 6.33 Å². The second-order valence-electron chi connectivity index (χ2n) is 2.29. The van der Waals surface area contributed by atoms with Crippen molar-refractivity contribution >= 4 is 5.57 Å². The number of nitrogens with one attached hydrogen (secondary N) is 1. The van der Waals surface area contributed by atoms with Gasteiger partial charge in [-0.2, -0.15) is 5.10 Å². The third-order valence-electron chi connectivity index (χ3n) is 1.40. The topological polar surface area (TPSA) is 41.6 Å². The molecule has 0 fully saturated rings. The molecule has 0 aliphatic carbocycles. The van der Waals surface area contributed by atoms with Crippen LogP contribution >= 0.6 is 0 Å². The zero-order valence-corrected chi connectivity index (χ0v) is 7.27. The molecule has 0 unspecified atom stereocenters. The van der Waals surface area contributed by atoms with E-state index in [9.17, 15) is 0 Å². The van der Waals surface area contributed by atoms with Crippen molar-refractivity contribution in [2.24, 2.45) is 0 Å². The second-order valence-corrected chi connectivity index (χ2v) is 2.29. The molecule has 0 amide bonds. The molecule has 0 atom stereocenters. The van der Waals surface area contributed by atoms with Gasteiger partial charge in [-0.15, -0.1) is 0 Å². The lowest BCUT2D eigenvalue weighted by Gasteiger charge is -1.93. The molecule has 3 nitrogen and oxygen atoms in total. The van der Waals surface area contributed by atoms with Crippen LogP contribution in [0.4, 0.5) is 0 Å². The molecule has 0 spiro atoms. The molecule has 0 aromatic carbocycles. The number of aromatic amines is 1. The molecule has 1 heterocycles. The molecule has 66 valence electrons. The van der Waals surface area contributed by atoms with Crippen molar-refractivity contribution in [1.29, 1.82) is 0 Å². The van der Waals surface area contributed by atoms with Crippen molar-refractivity contribution in [2.75, 3.05) is 0 Å². The van der Waals surface area contributed by atoms with Gasteiger partial charge in [0.05, 0.1) is 0 Å². The van der Waals surface area contributed by atoms with Crippen LogP contribution in [-0.4, -0.2) is 15.2 Å². The van der Waals surface area contributed by atoms with Crippen LogP contribution in [0.2, 0.25) is 0 Å². The Kier molecular flexibility index (Phi) is 3.45. The first-order chi connectivity index (χ1) is 6.38. The highest BCUT2D eigenvalue weighted by atomic mass is 15.2. The molecular formula is C10H11N3. The standard InChI is InChI=1S/C10H11N3/c1-3-5-7-9(6-4-2)10-11-8-12-13-10/h3-8H,1-2H2,(H,11,12,13)/b7-5-,9-6+. The summed E-state index contributed by atoms with van der Waals surface area (Å²) < 4.78 is 0. The van der Waals surface area contributed by atoms with Crippen LogP contribution in [0.5, 0.6) is 0 Å². The average molecular weight is 173 g/mol. The first-order valence-corrected chi connectivity index (χ1v) is 3.86. The molecule has 1 aromatic rings. The van der Waals surface area contributed by atoms with Gasteiger partial charge in [0.25, 0.3) is 0 Å². The van der Waals surface area contributed by atoms with Gasteiger partial charge in [-0.3, -0.25) is 5.10 Å². The summed E-state index contributed by atoms with van der Waals surface area (Å²) in [5.41, 5.74) is 0.924. The van der Waals surface area contributed by atoms with Crippen LogP contribution < -0.4 is 0 Å². The molecule has 3 heteroatoms. The number of aromatic nitrogens is 3. The molecule has 0 aliphatic rings. The van der Waals surface area contributed by atoms with Crippen molar-refractivity contribution in [3.8, 4) is 0 Å². The van der Waals surface area contributed by atoms with E-state index in [1.807, 2.05) is 18.2 Å². The molecule has 13 heavy (non-hydrogen) atoms. The monoisotopic (exact) mass is 173 g/mol. The van der Waals surface area contributed by atoms with Crippen LogP contribution in [0.15, 0.2) is 49.9 Å². The Bertz CT molecular complexity index is 331. The summed E-state index contributed by atoms with van der Waals surface area (Å²) in [4.78, 5) is 4.02. The van der Waals surface area contributed by atoms with Crippen LogP contribution in [0.3, 0.4) is 0 Å². The quantitative estimate of drug-likeness (QED) is 0.708. The maximum absolute atomic E-state index is 4.02. The summed E-state index contributed by atoms with van der Waals surface area (Å²) in [5.74, 6) is 0.720. The first-order valence-electron chi connectivity index (χ1n) is 3.86. The average Bonchev–Trinajstić information content (AvgIpc) is 2.65. The molecular weight excluding hydrogens is 162 g/mol. The Balaban J connectivity index is 2.93. The lowest BCUT2D eigenvalue weighted by molar-refractivity contribution is 1.07. The van der Waals surface area contributed by atoms with Gasteiger partial charge in [0, 0.05) is 5.57 Å². The fourth-order valence-corrected chi connectivity index (χ4v) is 0.857. The van der Waals surface area contributed by atoms with Gasteiger partial charge in [-0.1, -0.05) is 43.5 Å². The second kappa shape index (κ2) is 4.87. The number of H-pyrrole nitrogens is 1. The molecule has 0 aliphatic heterocycles. The molecule has 0 saturated heterocycles. The van der Waals surface area contributed by atoms with E-state index in [1.165, 1.54) is 6.33 Å². The zero-order valence-electron chi connectivity index (χ0n) is 7.27. The predicted octanol–water partition coefficient (Wildman–Crippen LogP) is 2.12. The molecule has 0 saturated carbocycles. The Morgan fingerprint density at radius 2 is 2.23 bits per heavy atom. The summed E-state index contributed by atoms with van der Waals surface area (Å²) in [6.45, 7) is 7.21. The SMILES string of the molecule is C=C/C=C\C(=C/C=C)c1ncn[nH]1. The predicted molar refractivity (Wildman–Crippen MR) is 53.9 cm³/mol. The van der Waals surface area contributed by atoms with Gasteiger partial charge in [0.2, 0.25) is 0 Å². The number of nitrogens with zero attached hydrogens (tertiary/aromatic N) is 2. The van der Waals surface area contributed by atoms with Crippen molar-refractivity contribution in [1.82, 2.24) is 15.2 Å². The van der Waals surface area contributed by atoms with E-state index in [4.69, 9.17) is 0 Å². The largest absolute Gasteiger partial charge is 0.259 e. The Hall–Kier alpha value is -1.90. The van der Waals surface area contributed by atoms with Crippen LogP contribution in [0.1, 0.15) is 5.82 Å². The zero-order chi connectivity index (χ0) is 9.52. The van der Waals surface area contributed by atoms with Crippen molar-refractivity contribution < 1.29 is 0 Å². The third-order valence-corrected chi connectivity index (χ3v) is 1.40. The van der Waals surface area contributed by atoms with Crippen molar-refractivity contribution in [3.05, 3.63) is 55.7 Å². The van der Waals surface area contributed by atoms with Gasteiger partial charge in [0.15, 0.2) is 5.82 Å². The van der Waals surface area contributed by atoms with Gasteiger partial charge < -0.3 is 0 Å². The Morgan fingerprint density at radius 3 is 2.77 bits per heavy atom. The lowest BCUT2D eigenvalue weighted by Crippen LogP contribution is -1.83. The van der Waals surface area contributed by atoms with E-state index in [-0.39, 0.29) is 0 Å². The highest BCUT2D eigenvalue weighted by Crippen LogP contribution is 2.09. The fraction of sp³-hybridized carbons (Fsp3) is 0. The molecule has 1 aromatic heterocycles. The summed E-state index contributed by atoms with van der Waals surface area (Å²) in [5, 5.41) is 6.53. The summed E-state index contributed by atoms with van der Waals surface area (Å²) >= 11 is 0. The van der Waals surface area contributed by atoms with Crippen LogP contribution in [-0.2, 0) is 0 Å². The smallest absolute Gasteiger partial charge is 0.155 e. The number of hydrogen-bond acceptors (Lipinski definition) is 2. The van der Waals surface area contributed by atoms with E-state index < -0.39 is 0 Å². The van der Waals surface area contributed by atoms with Gasteiger partial charge in [-0.05, 0) is 0 Å². The maximum Gasteiger partial charge on any atom is 0.155 e. The normalized spacial score (nSPS) is 11.8. The highest BCUT2D eigenvalue weighted by molar-refractivity contribution is 5.70. The van der Waals surface area contributed by atoms with E-state index >= 15 is 0 Å². The minimum absolute atomic E-state index is 0.720. The number of allylic oxidation sites excluding steroid dienone is 6. The third kappa shape index (κ3) is 2.56. The minimum atomic E-state index is 0.720. The first kappa shape index (κ1) is 9.19. The molecule has 1 rings (SSSR count). The van der Waals surface area contributed by atoms with E-state index in [2.05, 4.69) is 28.3 Å². The molecule has 0 radical (unpaired) electrons. The van der Waals surface area contributed by atoms with Gasteiger partial charge in [-0.25, -0.2) is 4.98 Å². The van der Waals surface area contributed by atoms with Crippen molar-refractivity contribution in [3.63, 3.8) is 0 Å². The Morgan fingerprint density at radius 1 is 1.38 bits per heavy atom. The fourth-order valence-electron chi connectivity index (χ4n) is 0.857. The lowest BCUT2D eigenvalue weighted by atomic mass is 10.2. The van der Waals surface area contributed by atoms with E-state index in [1.54, 1.807) is 12.2 Å². The Labute approximate surface area is 77.2 Å². The highest BCUT2D eigenvalue weighted by Gasteiger charge is 1.97. The maximum atomic E-state index is 4.02. The van der Waals surface area contributed by atoms with Crippen molar-refractivity contribution in [2.45, 2.75) is 0 Å². The number of hydrogen-bond donors (Lipinski definition) is 1. The summed E-state index contributed by atoms with van der Waals surface area (Å²) in [7, 11) is 0. The number of rotatable bonds is 4. The summed E-state index contributed by atoms with van der Waals surface area (Å²) in [6.07, 6.45) is 10.4.